The second-order valence-corrected chi connectivity index (χ2v) is 3.65. The zero-order valence-electron chi connectivity index (χ0n) is 8.46. The summed E-state index contributed by atoms with van der Waals surface area (Å²) in [7, 11) is 1.80. The number of benzene rings is 1. The van der Waals surface area contributed by atoms with Gasteiger partial charge in [0.05, 0.1) is 0 Å². The van der Waals surface area contributed by atoms with Gasteiger partial charge in [-0.2, -0.15) is 0 Å². The van der Waals surface area contributed by atoms with Crippen molar-refractivity contribution in [2.45, 2.75) is 6.92 Å². The van der Waals surface area contributed by atoms with Gasteiger partial charge in [-0.3, -0.25) is 5.84 Å². The summed E-state index contributed by atoms with van der Waals surface area (Å²) in [5, 5.41) is 2.34. The van der Waals surface area contributed by atoms with Gasteiger partial charge in [0.15, 0.2) is 0 Å². The Morgan fingerprint density at radius 1 is 1.50 bits per heavy atom. The largest absolute Gasteiger partial charge is 0.492 e. The SMILES string of the molecule is Cc1cc(OCCN(C)N)ccc1Cl. The van der Waals surface area contributed by atoms with Crippen LogP contribution in [-0.4, -0.2) is 25.2 Å². The molecule has 1 aromatic rings. The molecule has 1 rings (SSSR count). The first-order valence-corrected chi connectivity index (χ1v) is 4.82. The molecule has 0 aliphatic carbocycles. The molecule has 0 saturated carbocycles. The summed E-state index contributed by atoms with van der Waals surface area (Å²) in [5.74, 6) is 6.27. The minimum Gasteiger partial charge on any atom is -0.492 e. The molecular formula is C10H15ClN2O. The topological polar surface area (TPSA) is 38.5 Å². The number of aryl methyl sites for hydroxylation is 1. The molecule has 0 unspecified atom stereocenters. The second-order valence-electron chi connectivity index (χ2n) is 3.24. The van der Waals surface area contributed by atoms with Crippen LogP contribution in [0.3, 0.4) is 0 Å². The highest BCUT2D eigenvalue weighted by Crippen LogP contribution is 2.20. The molecule has 0 atom stereocenters. The molecular weight excluding hydrogens is 200 g/mol. The summed E-state index contributed by atoms with van der Waals surface area (Å²) in [6.45, 7) is 3.22. The van der Waals surface area contributed by atoms with E-state index >= 15 is 0 Å². The van der Waals surface area contributed by atoms with Crippen molar-refractivity contribution in [2.75, 3.05) is 20.2 Å². The molecule has 78 valence electrons. The molecule has 0 bridgehead atoms. The van der Waals surface area contributed by atoms with Gasteiger partial charge in [0, 0.05) is 18.6 Å². The lowest BCUT2D eigenvalue weighted by Gasteiger charge is -2.11. The monoisotopic (exact) mass is 214 g/mol. The third kappa shape index (κ3) is 3.54. The molecule has 0 fully saturated rings. The summed E-state index contributed by atoms with van der Waals surface area (Å²) in [5.41, 5.74) is 1.02. The average molecular weight is 215 g/mol. The second kappa shape index (κ2) is 5.20. The molecule has 2 N–H and O–H groups in total. The number of likely N-dealkylation sites (N-methyl/N-ethyl adjacent to an activating group) is 1. The van der Waals surface area contributed by atoms with Crippen LogP contribution >= 0.6 is 11.6 Å². The first-order valence-electron chi connectivity index (χ1n) is 4.44. The maximum Gasteiger partial charge on any atom is 0.119 e. The Morgan fingerprint density at radius 2 is 2.21 bits per heavy atom. The normalized spacial score (nSPS) is 10.6. The van der Waals surface area contributed by atoms with Crippen molar-refractivity contribution in [2.24, 2.45) is 5.84 Å². The molecule has 0 amide bonds. The molecule has 3 nitrogen and oxygen atoms in total. The lowest BCUT2D eigenvalue weighted by Crippen LogP contribution is -2.30. The van der Waals surface area contributed by atoms with Crippen LogP contribution in [0.15, 0.2) is 18.2 Å². The lowest BCUT2D eigenvalue weighted by atomic mass is 10.2. The summed E-state index contributed by atoms with van der Waals surface area (Å²) in [4.78, 5) is 0. The average Bonchev–Trinajstić information content (AvgIpc) is 2.10. The smallest absolute Gasteiger partial charge is 0.119 e. The highest BCUT2D eigenvalue weighted by Gasteiger charge is 1.98. The Balaban J connectivity index is 2.47. The number of hydrazine groups is 1. The zero-order chi connectivity index (χ0) is 10.6. The van der Waals surface area contributed by atoms with Crippen LogP contribution in [0.25, 0.3) is 0 Å². The predicted octanol–water partition coefficient (Wildman–Crippen LogP) is 1.83. The summed E-state index contributed by atoms with van der Waals surface area (Å²) in [6, 6.07) is 5.60. The highest BCUT2D eigenvalue weighted by molar-refractivity contribution is 6.31. The van der Waals surface area contributed by atoms with Crippen LogP contribution in [0, 0.1) is 6.92 Å². The molecule has 0 saturated heterocycles. The summed E-state index contributed by atoms with van der Waals surface area (Å²) >= 11 is 5.88. The van der Waals surface area contributed by atoms with Gasteiger partial charge < -0.3 is 4.74 Å². The lowest BCUT2D eigenvalue weighted by molar-refractivity contribution is 0.241. The summed E-state index contributed by atoms with van der Waals surface area (Å²) in [6.07, 6.45) is 0. The maximum atomic E-state index is 5.88. The Labute approximate surface area is 89.4 Å². The third-order valence-electron chi connectivity index (χ3n) is 1.84. The van der Waals surface area contributed by atoms with E-state index in [2.05, 4.69) is 0 Å². The van der Waals surface area contributed by atoms with Gasteiger partial charge in [-0.1, -0.05) is 11.6 Å². The standard InChI is InChI=1S/C10H15ClN2O/c1-8-7-9(3-4-10(8)11)14-6-5-13(2)12/h3-4,7H,5-6,12H2,1-2H3. The molecule has 1 aromatic carbocycles. The van der Waals surface area contributed by atoms with Crippen LogP contribution in [0.1, 0.15) is 5.56 Å². The molecule has 0 aliphatic heterocycles. The van der Waals surface area contributed by atoms with Crippen molar-refractivity contribution >= 4 is 11.6 Å². The van der Waals surface area contributed by atoms with Gasteiger partial charge in [0.1, 0.15) is 12.4 Å². The molecule has 0 radical (unpaired) electrons. The molecule has 0 heterocycles. The number of rotatable bonds is 4. The number of nitrogens with zero attached hydrogens (tertiary/aromatic N) is 1. The van der Waals surface area contributed by atoms with Gasteiger partial charge in [0.25, 0.3) is 0 Å². The van der Waals surface area contributed by atoms with E-state index in [-0.39, 0.29) is 0 Å². The van der Waals surface area contributed by atoms with Crippen molar-refractivity contribution in [1.29, 1.82) is 0 Å². The fraction of sp³-hybridized carbons (Fsp3) is 0.400. The van der Waals surface area contributed by atoms with E-state index in [1.807, 2.05) is 25.1 Å². The molecule has 0 spiro atoms. The third-order valence-corrected chi connectivity index (χ3v) is 2.27. The van der Waals surface area contributed by atoms with E-state index in [0.29, 0.717) is 13.2 Å². The number of nitrogens with two attached hydrogens (primary N) is 1. The van der Waals surface area contributed by atoms with Gasteiger partial charge >= 0.3 is 0 Å². The van der Waals surface area contributed by atoms with E-state index in [4.69, 9.17) is 22.2 Å². The van der Waals surface area contributed by atoms with E-state index in [9.17, 15) is 0 Å². The van der Waals surface area contributed by atoms with Crippen molar-refractivity contribution in [3.63, 3.8) is 0 Å². The summed E-state index contributed by atoms with van der Waals surface area (Å²) < 4.78 is 5.47. The van der Waals surface area contributed by atoms with E-state index < -0.39 is 0 Å². The van der Waals surface area contributed by atoms with Crippen molar-refractivity contribution in [3.05, 3.63) is 28.8 Å². The van der Waals surface area contributed by atoms with Crippen LogP contribution in [0.4, 0.5) is 0 Å². The van der Waals surface area contributed by atoms with Crippen molar-refractivity contribution in [1.82, 2.24) is 5.01 Å². The first kappa shape index (κ1) is 11.3. The minimum atomic E-state index is 0.577. The zero-order valence-corrected chi connectivity index (χ0v) is 9.21. The number of halogens is 1. The quantitative estimate of drug-likeness (QED) is 0.614. The Morgan fingerprint density at radius 3 is 2.79 bits per heavy atom. The number of hydrogen-bond acceptors (Lipinski definition) is 3. The molecule has 14 heavy (non-hydrogen) atoms. The van der Waals surface area contributed by atoms with Gasteiger partial charge in [0.2, 0.25) is 0 Å². The van der Waals surface area contributed by atoms with Crippen LogP contribution in [-0.2, 0) is 0 Å². The van der Waals surface area contributed by atoms with Gasteiger partial charge in [-0.15, -0.1) is 0 Å². The molecule has 4 heteroatoms. The van der Waals surface area contributed by atoms with Crippen molar-refractivity contribution < 1.29 is 4.74 Å². The number of hydrogen-bond donors (Lipinski definition) is 1. The Kier molecular flexibility index (Phi) is 4.20. The molecule has 0 aliphatic rings. The van der Waals surface area contributed by atoms with E-state index in [1.165, 1.54) is 0 Å². The molecule has 0 aromatic heterocycles. The Bertz CT molecular complexity index is 302. The van der Waals surface area contributed by atoms with Crippen molar-refractivity contribution in [3.8, 4) is 5.75 Å². The first-order chi connectivity index (χ1) is 6.59. The maximum absolute atomic E-state index is 5.88. The van der Waals surface area contributed by atoms with Crippen LogP contribution < -0.4 is 10.6 Å². The fourth-order valence-electron chi connectivity index (χ4n) is 1.01. The van der Waals surface area contributed by atoms with E-state index in [1.54, 1.807) is 12.1 Å². The predicted molar refractivity (Wildman–Crippen MR) is 58.5 cm³/mol. The Hall–Kier alpha value is -0.770. The van der Waals surface area contributed by atoms with Crippen LogP contribution in [0.5, 0.6) is 5.75 Å². The van der Waals surface area contributed by atoms with E-state index in [0.717, 1.165) is 16.3 Å². The highest BCUT2D eigenvalue weighted by atomic mass is 35.5. The number of ether oxygens (including phenoxy) is 1. The van der Waals surface area contributed by atoms with Crippen LogP contribution in [0.2, 0.25) is 5.02 Å². The van der Waals surface area contributed by atoms with Gasteiger partial charge in [-0.25, -0.2) is 5.01 Å². The minimum absolute atomic E-state index is 0.577. The van der Waals surface area contributed by atoms with Gasteiger partial charge in [-0.05, 0) is 30.7 Å². The fourth-order valence-corrected chi connectivity index (χ4v) is 1.13.